The summed E-state index contributed by atoms with van der Waals surface area (Å²) in [5, 5.41) is 18.4. The van der Waals surface area contributed by atoms with Gasteiger partial charge in [0.1, 0.15) is 6.33 Å². The summed E-state index contributed by atoms with van der Waals surface area (Å²) < 4.78 is 4.91. The van der Waals surface area contributed by atoms with Crippen LogP contribution in [0, 0.1) is 0 Å². The van der Waals surface area contributed by atoms with E-state index >= 15 is 0 Å². The van der Waals surface area contributed by atoms with E-state index in [1.165, 1.54) is 18.1 Å². The van der Waals surface area contributed by atoms with Crippen molar-refractivity contribution in [3.05, 3.63) is 12.2 Å². The van der Waals surface area contributed by atoms with E-state index in [1.54, 1.807) is 0 Å². The van der Waals surface area contributed by atoms with Crippen molar-refractivity contribution in [1.82, 2.24) is 25.3 Å². The first kappa shape index (κ1) is 10.6. The lowest BCUT2D eigenvalue weighted by Gasteiger charge is -1.90. The fourth-order valence-electron chi connectivity index (χ4n) is 0.949. The number of thioether (sulfide) groups is 1. The third kappa shape index (κ3) is 2.57. The average Bonchev–Trinajstić information content (AvgIpc) is 2.85. The van der Waals surface area contributed by atoms with Gasteiger partial charge in [0, 0.05) is 0 Å². The van der Waals surface area contributed by atoms with Gasteiger partial charge in [-0.3, -0.25) is 9.89 Å². The minimum atomic E-state index is -0.875. The number of hydrogen-bond acceptors (Lipinski definition) is 7. The largest absolute Gasteiger partial charge is 0.481 e. The number of carboxylic acid groups (broad SMARTS) is 1. The highest BCUT2D eigenvalue weighted by molar-refractivity contribution is 7.99. The summed E-state index contributed by atoms with van der Waals surface area (Å²) >= 11 is 1.18. The average molecular weight is 241 g/mol. The molecule has 2 heterocycles. The van der Waals surface area contributed by atoms with Crippen molar-refractivity contribution in [1.29, 1.82) is 0 Å². The number of hydrogen-bond donors (Lipinski definition) is 2. The molecule has 84 valence electrons. The maximum Gasteiger partial charge on any atom is 0.313 e. The van der Waals surface area contributed by atoms with E-state index in [4.69, 9.17) is 9.63 Å². The van der Waals surface area contributed by atoms with Gasteiger partial charge >= 0.3 is 5.97 Å². The van der Waals surface area contributed by atoms with Crippen LogP contribution >= 0.6 is 11.8 Å². The molecule has 9 heteroatoms. The third-order valence-corrected chi connectivity index (χ3v) is 2.45. The Morgan fingerprint density at radius 1 is 1.62 bits per heavy atom. The quantitative estimate of drug-likeness (QED) is 0.760. The molecule has 16 heavy (non-hydrogen) atoms. The maximum absolute atomic E-state index is 10.3. The monoisotopic (exact) mass is 241 g/mol. The van der Waals surface area contributed by atoms with Crippen molar-refractivity contribution in [3.8, 4) is 11.6 Å². The molecule has 0 aromatic carbocycles. The molecule has 8 nitrogen and oxygen atoms in total. The van der Waals surface area contributed by atoms with Crippen molar-refractivity contribution >= 4 is 17.7 Å². The van der Waals surface area contributed by atoms with E-state index in [0.717, 1.165) is 0 Å². The summed E-state index contributed by atoms with van der Waals surface area (Å²) in [5.41, 5.74) is 0. The van der Waals surface area contributed by atoms with Crippen LogP contribution in [0.25, 0.3) is 11.6 Å². The first-order valence-electron chi connectivity index (χ1n) is 4.23. The molecule has 0 unspecified atom stereocenters. The molecular formula is C7H7N5O3S. The molecule has 0 spiro atoms. The van der Waals surface area contributed by atoms with Gasteiger partial charge in [-0.05, 0) is 0 Å². The van der Waals surface area contributed by atoms with Gasteiger partial charge in [0.25, 0.3) is 0 Å². The molecule has 0 aliphatic rings. The van der Waals surface area contributed by atoms with E-state index in [2.05, 4.69) is 25.3 Å². The lowest BCUT2D eigenvalue weighted by atomic mass is 10.6. The Kier molecular flexibility index (Phi) is 3.15. The van der Waals surface area contributed by atoms with E-state index in [1.807, 2.05) is 0 Å². The highest BCUT2D eigenvalue weighted by atomic mass is 32.2. The standard InChI is InChI=1S/C7H7N5O3S/c13-5(14)2-16-1-4-10-7(12-15-4)6-8-3-9-11-6/h3H,1-2H2,(H,13,14)(H,8,9,11). The predicted octanol–water partition coefficient (Wildman–Crippen LogP) is 0.172. The van der Waals surface area contributed by atoms with Crippen LogP contribution in [0.5, 0.6) is 0 Å². The van der Waals surface area contributed by atoms with Gasteiger partial charge in [0.2, 0.25) is 11.7 Å². The molecule has 2 rings (SSSR count). The van der Waals surface area contributed by atoms with Crippen LogP contribution in [-0.2, 0) is 10.5 Å². The molecule has 0 saturated heterocycles. The normalized spacial score (nSPS) is 10.5. The number of aromatic nitrogens is 5. The Balaban J connectivity index is 1.95. The van der Waals surface area contributed by atoms with Gasteiger partial charge < -0.3 is 9.63 Å². The van der Waals surface area contributed by atoms with Gasteiger partial charge in [0.05, 0.1) is 11.5 Å². The summed E-state index contributed by atoms with van der Waals surface area (Å²) in [4.78, 5) is 18.2. The molecule has 2 N–H and O–H groups in total. The number of rotatable bonds is 5. The van der Waals surface area contributed by atoms with E-state index in [9.17, 15) is 4.79 Å². The Morgan fingerprint density at radius 3 is 3.19 bits per heavy atom. The van der Waals surface area contributed by atoms with Crippen LogP contribution in [0.1, 0.15) is 5.89 Å². The van der Waals surface area contributed by atoms with E-state index in [-0.39, 0.29) is 5.75 Å². The minimum absolute atomic E-state index is 0.0000207. The number of aromatic amines is 1. The van der Waals surface area contributed by atoms with Crippen molar-refractivity contribution in [2.75, 3.05) is 5.75 Å². The fraction of sp³-hybridized carbons (Fsp3) is 0.286. The predicted molar refractivity (Wildman–Crippen MR) is 53.5 cm³/mol. The van der Waals surface area contributed by atoms with Crippen molar-refractivity contribution in [2.45, 2.75) is 5.75 Å². The molecular weight excluding hydrogens is 234 g/mol. The van der Waals surface area contributed by atoms with Crippen molar-refractivity contribution in [3.63, 3.8) is 0 Å². The fourth-order valence-corrected chi connectivity index (χ4v) is 1.52. The van der Waals surface area contributed by atoms with E-state index in [0.29, 0.717) is 23.3 Å². The molecule has 0 saturated carbocycles. The summed E-state index contributed by atoms with van der Waals surface area (Å²) in [6.45, 7) is 0. The number of nitrogens with one attached hydrogen (secondary N) is 1. The second kappa shape index (κ2) is 4.75. The number of carboxylic acids is 1. The summed E-state index contributed by atoms with van der Waals surface area (Å²) in [6.07, 6.45) is 1.34. The Morgan fingerprint density at radius 2 is 2.50 bits per heavy atom. The number of H-pyrrole nitrogens is 1. The van der Waals surface area contributed by atoms with Crippen LogP contribution in [-0.4, -0.2) is 42.2 Å². The summed E-state index contributed by atoms with van der Waals surface area (Å²) in [7, 11) is 0. The first-order valence-corrected chi connectivity index (χ1v) is 5.39. The zero-order chi connectivity index (χ0) is 11.4. The van der Waals surface area contributed by atoms with Gasteiger partial charge in [-0.15, -0.1) is 11.8 Å². The highest BCUT2D eigenvalue weighted by Gasteiger charge is 2.11. The van der Waals surface area contributed by atoms with Gasteiger partial charge in [-0.1, -0.05) is 5.16 Å². The van der Waals surface area contributed by atoms with Crippen LogP contribution in [0.3, 0.4) is 0 Å². The third-order valence-electron chi connectivity index (χ3n) is 1.55. The maximum atomic E-state index is 10.3. The second-order valence-corrected chi connectivity index (χ2v) is 3.72. The zero-order valence-corrected chi connectivity index (χ0v) is 8.77. The molecule has 0 aliphatic carbocycles. The Labute approximate surface area is 93.5 Å². The number of nitrogens with zero attached hydrogens (tertiary/aromatic N) is 4. The van der Waals surface area contributed by atoms with Crippen molar-refractivity contribution < 1.29 is 14.4 Å². The molecule has 0 radical (unpaired) electrons. The Hall–Kier alpha value is -1.90. The molecule has 2 aromatic rings. The van der Waals surface area contributed by atoms with Crippen LogP contribution in [0.15, 0.2) is 10.9 Å². The van der Waals surface area contributed by atoms with Crippen molar-refractivity contribution in [2.24, 2.45) is 0 Å². The first-order chi connectivity index (χ1) is 7.75. The van der Waals surface area contributed by atoms with Gasteiger partial charge in [-0.2, -0.15) is 10.1 Å². The minimum Gasteiger partial charge on any atom is -0.481 e. The smallest absolute Gasteiger partial charge is 0.313 e. The highest BCUT2D eigenvalue weighted by Crippen LogP contribution is 2.13. The molecule has 2 aromatic heterocycles. The van der Waals surface area contributed by atoms with Gasteiger partial charge in [-0.25, -0.2) is 4.98 Å². The zero-order valence-electron chi connectivity index (χ0n) is 7.95. The molecule has 0 aliphatic heterocycles. The SMILES string of the molecule is O=C(O)CSCc1nc(-c2ncn[nH]2)no1. The molecule has 0 atom stereocenters. The number of carbonyl (C=O) groups is 1. The van der Waals surface area contributed by atoms with Gasteiger partial charge in [0.15, 0.2) is 5.82 Å². The lowest BCUT2D eigenvalue weighted by Crippen LogP contribution is -1.98. The van der Waals surface area contributed by atoms with Crippen LogP contribution in [0.2, 0.25) is 0 Å². The second-order valence-electron chi connectivity index (χ2n) is 2.73. The topological polar surface area (TPSA) is 118 Å². The van der Waals surface area contributed by atoms with Crippen LogP contribution in [0.4, 0.5) is 0 Å². The number of aliphatic carboxylic acids is 1. The summed E-state index contributed by atoms with van der Waals surface area (Å²) in [6, 6.07) is 0. The van der Waals surface area contributed by atoms with E-state index < -0.39 is 5.97 Å². The summed E-state index contributed by atoms with van der Waals surface area (Å²) in [5.74, 6) is 0.562. The van der Waals surface area contributed by atoms with Crippen LogP contribution < -0.4 is 0 Å². The molecule has 0 fully saturated rings. The molecule has 0 bridgehead atoms. The lowest BCUT2D eigenvalue weighted by molar-refractivity contribution is -0.133. The Bertz CT molecular complexity index is 468. The molecule has 0 amide bonds.